The highest BCUT2D eigenvalue weighted by Crippen LogP contribution is 2.27. The summed E-state index contributed by atoms with van der Waals surface area (Å²) in [4.78, 5) is 12.3. The van der Waals surface area contributed by atoms with Gasteiger partial charge in [0.05, 0.1) is 11.4 Å². The molecule has 1 aromatic carbocycles. The van der Waals surface area contributed by atoms with Crippen molar-refractivity contribution in [1.29, 1.82) is 0 Å². The average molecular weight is 396 g/mol. The van der Waals surface area contributed by atoms with E-state index in [0.717, 1.165) is 12.8 Å². The van der Waals surface area contributed by atoms with E-state index in [1.54, 1.807) is 28.6 Å². The van der Waals surface area contributed by atoms with Crippen molar-refractivity contribution in [2.24, 2.45) is 11.8 Å². The molecular formula is C20H33N3O3S. The second-order valence-corrected chi connectivity index (χ2v) is 10.4. The van der Waals surface area contributed by atoms with Crippen molar-refractivity contribution in [3.63, 3.8) is 0 Å². The maximum absolute atomic E-state index is 12.9. The SMILES string of the molecule is CCC(C)(C)NCC(=O)Nc1ccc(S(=O)(=O)N2C[C@H](C)C[C@H](C)C2)cc1. The van der Waals surface area contributed by atoms with Crippen LogP contribution in [0.4, 0.5) is 5.69 Å². The van der Waals surface area contributed by atoms with Crippen LogP contribution in [0.3, 0.4) is 0 Å². The molecule has 1 fully saturated rings. The van der Waals surface area contributed by atoms with Crippen molar-refractivity contribution in [3.05, 3.63) is 24.3 Å². The first-order valence-corrected chi connectivity index (χ1v) is 11.1. The van der Waals surface area contributed by atoms with Crippen LogP contribution >= 0.6 is 0 Å². The van der Waals surface area contributed by atoms with Crippen LogP contribution in [0.2, 0.25) is 0 Å². The van der Waals surface area contributed by atoms with Gasteiger partial charge in [0.1, 0.15) is 0 Å². The lowest BCUT2D eigenvalue weighted by atomic mass is 9.94. The van der Waals surface area contributed by atoms with E-state index in [0.29, 0.717) is 30.6 Å². The third-order valence-electron chi connectivity index (χ3n) is 5.22. The molecule has 7 heteroatoms. The van der Waals surface area contributed by atoms with Crippen LogP contribution in [0.1, 0.15) is 47.5 Å². The predicted molar refractivity (Wildman–Crippen MR) is 109 cm³/mol. The Morgan fingerprint density at radius 1 is 1.15 bits per heavy atom. The molecule has 0 unspecified atom stereocenters. The van der Waals surface area contributed by atoms with Gasteiger partial charge in [0.25, 0.3) is 0 Å². The summed E-state index contributed by atoms with van der Waals surface area (Å²) in [5.41, 5.74) is 0.494. The molecule has 1 amide bonds. The molecule has 152 valence electrons. The van der Waals surface area contributed by atoms with Crippen molar-refractivity contribution in [3.8, 4) is 0 Å². The number of hydrogen-bond acceptors (Lipinski definition) is 4. The molecule has 2 rings (SSSR count). The predicted octanol–water partition coefficient (Wildman–Crippen LogP) is 3.07. The zero-order valence-corrected chi connectivity index (χ0v) is 17.9. The number of rotatable bonds is 7. The summed E-state index contributed by atoms with van der Waals surface area (Å²) in [5.74, 6) is 0.578. The van der Waals surface area contributed by atoms with E-state index < -0.39 is 10.0 Å². The van der Waals surface area contributed by atoms with Gasteiger partial charge in [-0.15, -0.1) is 0 Å². The van der Waals surface area contributed by atoms with E-state index in [4.69, 9.17) is 0 Å². The van der Waals surface area contributed by atoms with Gasteiger partial charge < -0.3 is 10.6 Å². The molecular weight excluding hydrogens is 362 g/mol. The minimum atomic E-state index is -3.50. The van der Waals surface area contributed by atoms with Gasteiger partial charge in [-0.05, 0) is 62.8 Å². The zero-order chi connectivity index (χ0) is 20.2. The van der Waals surface area contributed by atoms with E-state index in [-0.39, 0.29) is 22.9 Å². The number of sulfonamides is 1. The third-order valence-corrected chi connectivity index (χ3v) is 7.07. The summed E-state index contributed by atoms with van der Waals surface area (Å²) in [7, 11) is -3.50. The molecule has 2 atom stereocenters. The van der Waals surface area contributed by atoms with E-state index in [1.165, 1.54) is 0 Å². The van der Waals surface area contributed by atoms with Crippen molar-refractivity contribution in [2.45, 2.75) is 57.9 Å². The molecule has 1 aromatic rings. The number of nitrogens with one attached hydrogen (secondary N) is 2. The Morgan fingerprint density at radius 3 is 2.22 bits per heavy atom. The highest BCUT2D eigenvalue weighted by atomic mass is 32.2. The molecule has 0 saturated carbocycles. The van der Waals surface area contributed by atoms with Gasteiger partial charge in [0.15, 0.2) is 0 Å². The normalized spacial score (nSPS) is 21.8. The Bertz CT molecular complexity index is 734. The molecule has 27 heavy (non-hydrogen) atoms. The van der Waals surface area contributed by atoms with Gasteiger partial charge in [-0.1, -0.05) is 20.8 Å². The molecule has 0 aromatic heterocycles. The Hall–Kier alpha value is -1.44. The summed E-state index contributed by atoms with van der Waals surface area (Å²) < 4.78 is 27.4. The lowest BCUT2D eigenvalue weighted by molar-refractivity contribution is -0.115. The molecule has 1 aliphatic heterocycles. The first kappa shape index (κ1) is 21.9. The maximum atomic E-state index is 12.9. The fraction of sp³-hybridized carbons (Fsp3) is 0.650. The number of hydrogen-bond donors (Lipinski definition) is 2. The molecule has 6 nitrogen and oxygen atoms in total. The summed E-state index contributed by atoms with van der Waals surface area (Å²) in [5, 5.41) is 6.00. The van der Waals surface area contributed by atoms with Gasteiger partial charge in [0.2, 0.25) is 15.9 Å². The quantitative estimate of drug-likeness (QED) is 0.744. The number of nitrogens with zero attached hydrogens (tertiary/aromatic N) is 1. The standard InChI is InChI=1S/C20H33N3O3S/c1-6-20(4,5)21-12-19(24)22-17-7-9-18(10-8-17)27(25,26)23-13-15(2)11-16(3)14-23/h7-10,15-16,21H,6,11-14H2,1-5H3,(H,22,24)/t15-,16+. The smallest absolute Gasteiger partial charge is 0.243 e. The van der Waals surface area contributed by atoms with E-state index >= 15 is 0 Å². The molecule has 1 saturated heterocycles. The number of amides is 1. The van der Waals surface area contributed by atoms with E-state index in [1.807, 2.05) is 13.8 Å². The fourth-order valence-corrected chi connectivity index (χ4v) is 4.99. The molecule has 2 N–H and O–H groups in total. The Morgan fingerprint density at radius 2 is 1.70 bits per heavy atom. The van der Waals surface area contributed by atoms with Crippen molar-refractivity contribution in [1.82, 2.24) is 9.62 Å². The fourth-order valence-electron chi connectivity index (χ4n) is 3.31. The Balaban J connectivity index is 2.01. The molecule has 1 heterocycles. The molecule has 0 spiro atoms. The number of piperidine rings is 1. The molecule has 0 radical (unpaired) electrons. The van der Waals surface area contributed by atoms with Crippen molar-refractivity contribution < 1.29 is 13.2 Å². The Kier molecular flexibility index (Phi) is 7.05. The number of anilines is 1. The van der Waals surface area contributed by atoms with Crippen LogP contribution in [0.15, 0.2) is 29.2 Å². The summed E-state index contributed by atoms with van der Waals surface area (Å²) in [6.45, 7) is 11.7. The lowest BCUT2D eigenvalue weighted by Gasteiger charge is -2.34. The van der Waals surface area contributed by atoms with Gasteiger partial charge in [0, 0.05) is 24.3 Å². The largest absolute Gasteiger partial charge is 0.325 e. The van der Waals surface area contributed by atoms with E-state index in [2.05, 4.69) is 31.4 Å². The zero-order valence-electron chi connectivity index (χ0n) is 17.1. The summed E-state index contributed by atoms with van der Waals surface area (Å²) in [6, 6.07) is 6.43. The molecule has 1 aliphatic rings. The van der Waals surface area contributed by atoms with Gasteiger partial charge in [-0.2, -0.15) is 4.31 Å². The highest BCUT2D eigenvalue weighted by molar-refractivity contribution is 7.89. The maximum Gasteiger partial charge on any atom is 0.243 e. The Labute approximate surface area is 163 Å². The number of carbonyl (C=O) groups excluding carboxylic acids is 1. The summed E-state index contributed by atoms with van der Waals surface area (Å²) in [6.07, 6.45) is 1.97. The van der Waals surface area contributed by atoms with Crippen LogP contribution in [-0.2, 0) is 14.8 Å². The first-order valence-electron chi connectivity index (χ1n) is 9.68. The monoisotopic (exact) mass is 395 g/mol. The van der Waals surface area contributed by atoms with Crippen LogP contribution in [0.5, 0.6) is 0 Å². The third kappa shape index (κ3) is 6.02. The van der Waals surface area contributed by atoms with Gasteiger partial charge in [-0.3, -0.25) is 4.79 Å². The molecule has 0 aliphatic carbocycles. The van der Waals surface area contributed by atoms with Crippen LogP contribution < -0.4 is 10.6 Å². The summed E-state index contributed by atoms with van der Waals surface area (Å²) >= 11 is 0. The molecule has 0 bridgehead atoms. The van der Waals surface area contributed by atoms with Crippen LogP contribution in [-0.4, -0.2) is 43.8 Å². The van der Waals surface area contributed by atoms with Gasteiger partial charge in [-0.25, -0.2) is 8.42 Å². The van der Waals surface area contributed by atoms with Crippen molar-refractivity contribution >= 4 is 21.6 Å². The second kappa shape index (κ2) is 8.71. The second-order valence-electron chi connectivity index (χ2n) is 8.43. The van der Waals surface area contributed by atoms with Gasteiger partial charge >= 0.3 is 0 Å². The van der Waals surface area contributed by atoms with Crippen molar-refractivity contribution in [2.75, 3.05) is 25.0 Å². The first-order chi connectivity index (χ1) is 12.5. The number of benzene rings is 1. The minimum absolute atomic E-state index is 0.0992. The topological polar surface area (TPSA) is 78.5 Å². The van der Waals surface area contributed by atoms with Crippen LogP contribution in [0.25, 0.3) is 0 Å². The average Bonchev–Trinajstić information content (AvgIpc) is 2.60. The lowest BCUT2D eigenvalue weighted by Crippen LogP contribution is -2.43. The van der Waals surface area contributed by atoms with E-state index in [9.17, 15) is 13.2 Å². The van der Waals surface area contributed by atoms with Crippen LogP contribution in [0, 0.1) is 11.8 Å². The number of carbonyl (C=O) groups is 1. The highest BCUT2D eigenvalue weighted by Gasteiger charge is 2.31. The minimum Gasteiger partial charge on any atom is -0.325 e.